The maximum absolute atomic E-state index is 11.5. The van der Waals surface area contributed by atoms with Crippen LogP contribution in [0, 0.1) is 12.8 Å². The third kappa shape index (κ3) is 3.42. The highest BCUT2D eigenvalue weighted by Gasteiger charge is 2.16. The summed E-state index contributed by atoms with van der Waals surface area (Å²) in [6, 6.07) is 5.27. The van der Waals surface area contributed by atoms with Gasteiger partial charge in [0.15, 0.2) is 9.84 Å². The minimum atomic E-state index is -3.12. The summed E-state index contributed by atoms with van der Waals surface area (Å²) in [4.78, 5) is 0.386. The summed E-state index contributed by atoms with van der Waals surface area (Å²) in [6.07, 6.45) is 2.50. The number of thioether (sulfide) groups is 1. The zero-order valence-corrected chi connectivity index (χ0v) is 12.4. The van der Waals surface area contributed by atoms with Crippen LogP contribution in [-0.2, 0) is 9.84 Å². The molecule has 1 heterocycles. The fourth-order valence-electron chi connectivity index (χ4n) is 2.02. The maximum atomic E-state index is 11.5. The molecule has 1 unspecified atom stereocenters. The fraction of sp³-hybridized carbons (Fsp3) is 0.538. The SMILES string of the molecule is Cc1ccc(S(C)(=O)=O)cc1NCC1CCSC1. The third-order valence-electron chi connectivity index (χ3n) is 3.24. The van der Waals surface area contributed by atoms with Crippen molar-refractivity contribution in [3.63, 3.8) is 0 Å². The number of aryl methyl sites for hydroxylation is 1. The van der Waals surface area contributed by atoms with Crippen LogP contribution < -0.4 is 5.32 Å². The lowest BCUT2D eigenvalue weighted by atomic mass is 10.1. The van der Waals surface area contributed by atoms with Crippen molar-refractivity contribution >= 4 is 27.3 Å². The summed E-state index contributed by atoms with van der Waals surface area (Å²) in [5.74, 6) is 3.16. The molecule has 0 amide bonds. The molecule has 0 bridgehead atoms. The van der Waals surface area contributed by atoms with Gasteiger partial charge in [0.2, 0.25) is 0 Å². The van der Waals surface area contributed by atoms with Crippen LogP contribution in [0.2, 0.25) is 0 Å². The second kappa shape index (κ2) is 5.53. The van der Waals surface area contributed by atoms with E-state index in [9.17, 15) is 8.42 Å². The van der Waals surface area contributed by atoms with E-state index in [1.165, 1.54) is 24.2 Å². The molecular formula is C13H19NO2S2. The summed E-state index contributed by atoms with van der Waals surface area (Å²) in [5, 5.41) is 3.39. The average molecular weight is 285 g/mol. The first kappa shape index (κ1) is 13.7. The van der Waals surface area contributed by atoms with Gasteiger partial charge >= 0.3 is 0 Å². The summed E-state index contributed by atoms with van der Waals surface area (Å²) in [5.41, 5.74) is 2.03. The van der Waals surface area contributed by atoms with Gasteiger partial charge in [0.25, 0.3) is 0 Å². The molecule has 0 aromatic heterocycles. The van der Waals surface area contributed by atoms with E-state index >= 15 is 0 Å². The zero-order valence-electron chi connectivity index (χ0n) is 10.8. The van der Waals surface area contributed by atoms with Crippen LogP contribution in [0.15, 0.2) is 23.1 Å². The lowest BCUT2D eigenvalue weighted by molar-refractivity contribution is 0.602. The molecule has 1 N–H and O–H groups in total. The van der Waals surface area contributed by atoms with Gasteiger partial charge < -0.3 is 5.32 Å². The number of sulfone groups is 1. The van der Waals surface area contributed by atoms with Gasteiger partial charge in [0.05, 0.1) is 4.90 Å². The van der Waals surface area contributed by atoms with Crippen molar-refractivity contribution in [2.75, 3.05) is 29.6 Å². The second-order valence-corrected chi connectivity index (χ2v) is 8.02. The van der Waals surface area contributed by atoms with Gasteiger partial charge in [-0.15, -0.1) is 0 Å². The van der Waals surface area contributed by atoms with Crippen LogP contribution in [0.3, 0.4) is 0 Å². The van der Waals surface area contributed by atoms with Crippen LogP contribution in [-0.4, -0.2) is 32.7 Å². The number of anilines is 1. The van der Waals surface area contributed by atoms with Crippen LogP contribution in [0.25, 0.3) is 0 Å². The molecule has 0 saturated carbocycles. The van der Waals surface area contributed by atoms with Crippen molar-refractivity contribution in [2.24, 2.45) is 5.92 Å². The Labute approximate surface area is 113 Å². The normalized spacial score (nSPS) is 20.0. The predicted molar refractivity (Wildman–Crippen MR) is 78.2 cm³/mol. The Hall–Kier alpha value is -0.680. The van der Waals surface area contributed by atoms with Crippen molar-refractivity contribution in [1.29, 1.82) is 0 Å². The molecule has 100 valence electrons. The van der Waals surface area contributed by atoms with E-state index in [4.69, 9.17) is 0 Å². The maximum Gasteiger partial charge on any atom is 0.175 e. The standard InChI is InChI=1S/C13H19NO2S2/c1-10-3-4-12(18(2,15)16)7-13(10)14-8-11-5-6-17-9-11/h3-4,7,11,14H,5-6,8-9H2,1-2H3. The van der Waals surface area contributed by atoms with Crippen molar-refractivity contribution in [2.45, 2.75) is 18.2 Å². The van der Waals surface area contributed by atoms with E-state index in [1.54, 1.807) is 12.1 Å². The number of hydrogen-bond donors (Lipinski definition) is 1. The Morgan fingerprint density at radius 3 is 2.83 bits per heavy atom. The van der Waals surface area contributed by atoms with Gasteiger partial charge in [-0.05, 0) is 48.5 Å². The molecule has 5 heteroatoms. The van der Waals surface area contributed by atoms with Gasteiger partial charge in [-0.2, -0.15) is 11.8 Å². The van der Waals surface area contributed by atoms with E-state index in [0.29, 0.717) is 10.8 Å². The predicted octanol–water partition coefficient (Wildman–Crippen LogP) is 2.56. The largest absolute Gasteiger partial charge is 0.384 e. The van der Waals surface area contributed by atoms with E-state index in [1.807, 2.05) is 24.8 Å². The van der Waals surface area contributed by atoms with Crippen molar-refractivity contribution in [3.05, 3.63) is 23.8 Å². The highest BCUT2D eigenvalue weighted by molar-refractivity contribution is 7.99. The highest BCUT2D eigenvalue weighted by atomic mass is 32.2. The first-order valence-electron chi connectivity index (χ1n) is 6.09. The second-order valence-electron chi connectivity index (χ2n) is 4.86. The van der Waals surface area contributed by atoms with E-state index < -0.39 is 9.84 Å². The number of rotatable bonds is 4. The average Bonchev–Trinajstić information content (AvgIpc) is 2.79. The molecule has 0 spiro atoms. The third-order valence-corrected chi connectivity index (χ3v) is 5.58. The van der Waals surface area contributed by atoms with Gasteiger partial charge in [0.1, 0.15) is 0 Å². The molecule has 0 radical (unpaired) electrons. The smallest absolute Gasteiger partial charge is 0.175 e. The Bertz CT molecular complexity index is 520. The molecule has 18 heavy (non-hydrogen) atoms. The van der Waals surface area contributed by atoms with Crippen LogP contribution in [0.1, 0.15) is 12.0 Å². The molecule has 1 aliphatic heterocycles. The lowest BCUT2D eigenvalue weighted by Gasteiger charge is -2.14. The van der Waals surface area contributed by atoms with Crippen molar-refractivity contribution < 1.29 is 8.42 Å². The Balaban J connectivity index is 2.11. The summed E-state index contributed by atoms with van der Waals surface area (Å²) < 4.78 is 23.1. The monoisotopic (exact) mass is 285 g/mol. The number of benzene rings is 1. The van der Waals surface area contributed by atoms with Gasteiger partial charge in [0, 0.05) is 18.5 Å². The summed E-state index contributed by atoms with van der Waals surface area (Å²) in [7, 11) is -3.12. The van der Waals surface area contributed by atoms with Crippen molar-refractivity contribution in [3.8, 4) is 0 Å². The van der Waals surface area contributed by atoms with Crippen LogP contribution in [0.5, 0.6) is 0 Å². The Kier molecular flexibility index (Phi) is 4.22. The number of hydrogen-bond acceptors (Lipinski definition) is 4. The highest BCUT2D eigenvalue weighted by Crippen LogP contribution is 2.25. The van der Waals surface area contributed by atoms with Crippen LogP contribution in [0.4, 0.5) is 5.69 Å². The topological polar surface area (TPSA) is 46.2 Å². The minimum absolute atomic E-state index is 0.386. The molecule has 1 saturated heterocycles. The minimum Gasteiger partial charge on any atom is -0.384 e. The molecule has 1 aromatic rings. The van der Waals surface area contributed by atoms with E-state index in [-0.39, 0.29) is 0 Å². The van der Waals surface area contributed by atoms with E-state index in [0.717, 1.165) is 17.8 Å². The van der Waals surface area contributed by atoms with Crippen LogP contribution >= 0.6 is 11.8 Å². The molecular weight excluding hydrogens is 266 g/mol. The number of nitrogens with one attached hydrogen (secondary N) is 1. The molecule has 1 atom stereocenters. The molecule has 1 fully saturated rings. The quantitative estimate of drug-likeness (QED) is 0.923. The van der Waals surface area contributed by atoms with Gasteiger partial charge in [-0.25, -0.2) is 8.42 Å². The molecule has 3 nitrogen and oxygen atoms in total. The Morgan fingerprint density at radius 1 is 1.44 bits per heavy atom. The van der Waals surface area contributed by atoms with Gasteiger partial charge in [-0.3, -0.25) is 0 Å². The fourth-order valence-corrected chi connectivity index (χ4v) is 3.95. The first-order valence-corrected chi connectivity index (χ1v) is 9.14. The molecule has 1 aliphatic rings. The first-order chi connectivity index (χ1) is 8.47. The molecule has 1 aromatic carbocycles. The van der Waals surface area contributed by atoms with Crippen molar-refractivity contribution in [1.82, 2.24) is 0 Å². The molecule has 2 rings (SSSR count). The summed E-state index contributed by atoms with van der Waals surface area (Å²) in [6.45, 7) is 2.93. The zero-order chi connectivity index (χ0) is 13.2. The van der Waals surface area contributed by atoms with E-state index in [2.05, 4.69) is 5.32 Å². The molecule has 0 aliphatic carbocycles. The lowest BCUT2D eigenvalue weighted by Crippen LogP contribution is -2.14. The summed E-state index contributed by atoms with van der Waals surface area (Å²) >= 11 is 1.99. The van der Waals surface area contributed by atoms with Gasteiger partial charge in [-0.1, -0.05) is 6.07 Å². The Morgan fingerprint density at radius 2 is 2.22 bits per heavy atom.